The van der Waals surface area contributed by atoms with Gasteiger partial charge in [-0.25, -0.2) is 14.2 Å². The van der Waals surface area contributed by atoms with Crippen molar-refractivity contribution < 1.29 is 19.0 Å². The Balaban J connectivity index is 1.90. The molecule has 3 heterocycles. The van der Waals surface area contributed by atoms with Gasteiger partial charge in [0.2, 0.25) is 0 Å². The number of carbonyl (C=O) groups is 1. The molecule has 2 aromatic carbocycles. The van der Waals surface area contributed by atoms with E-state index < -0.39 is 5.97 Å². The van der Waals surface area contributed by atoms with E-state index in [0.29, 0.717) is 30.0 Å². The summed E-state index contributed by atoms with van der Waals surface area (Å²) in [5.41, 5.74) is 12.3. The number of aryl methyl sites for hydroxylation is 1. The smallest absolute Gasteiger partial charge is 0.354 e. The number of nitrogen functional groups attached to an aromatic ring is 1. The fraction of sp³-hybridized carbons (Fsp3) is 0.222. The molecule has 7 nitrogen and oxygen atoms in total. The van der Waals surface area contributed by atoms with Crippen LogP contribution in [0.4, 0.5) is 10.1 Å². The number of aromatic nitrogens is 2. The highest BCUT2D eigenvalue weighted by Gasteiger charge is 2.29. The van der Waals surface area contributed by atoms with E-state index in [-0.39, 0.29) is 17.4 Å². The van der Waals surface area contributed by atoms with Crippen LogP contribution in [0.15, 0.2) is 48.7 Å². The zero-order valence-corrected chi connectivity index (χ0v) is 19.2. The Kier molecular flexibility index (Phi) is 5.82. The van der Waals surface area contributed by atoms with Crippen molar-refractivity contribution >= 4 is 28.8 Å². The van der Waals surface area contributed by atoms with Crippen LogP contribution in [0.2, 0.25) is 0 Å². The van der Waals surface area contributed by atoms with Gasteiger partial charge in [0.1, 0.15) is 5.82 Å². The van der Waals surface area contributed by atoms with Gasteiger partial charge in [0.05, 0.1) is 5.52 Å². The number of nitrogens with zero attached hydrogens (tertiary/aromatic N) is 2. The molecule has 1 fully saturated rings. The number of ether oxygens (including phenoxy) is 1. The number of pyridine rings is 1. The fourth-order valence-corrected chi connectivity index (χ4v) is 4.98. The lowest BCUT2D eigenvalue weighted by atomic mass is 9.90. The van der Waals surface area contributed by atoms with E-state index in [1.807, 2.05) is 18.2 Å². The van der Waals surface area contributed by atoms with Gasteiger partial charge in [-0.05, 0) is 67.8 Å². The third-order valence-corrected chi connectivity index (χ3v) is 6.63. The van der Waals surface area contributed by atoms with Crippen LogP contribution in [0.1, 0.15) is 46.1 Å². The minimum atomic E-state index is -1.08. The lowest BCUT2D eigenvalue weighted by Gasteiger charge is -2.26. The normalized spacial score (nSPS) is 14.3. The number of nitrogens with two attached hydrogens (primary N) is 1. The molecule has 0 atom stereocenters. The summed E-state index contributed by atoms with van der Waals surface area (Å²) in [6.45, 7) is 2.98. The van der Waals surface area contributed by atoms with E-state index in [1.54, 1.807) is 25.3 Å². The van der Waals surface area contributed by atoms with Crippen molar-refractivity contribution in [1.82, 2.24) is 9.55 Å². The summed E-state index contributed by atoms with van der Waals surface area (Å²) in [5, 5.41) is 18.2. The largest absolute Gasteiger partial charge is 0.477 e. The predicted molar refractivity (Wildman–Crippen MR) is 133 cm³/mol. The average molecular weight is 473 g/mol. The Morgan fingerprint density at radius 2 is 1.94 bits per heavy atom. The molecule has 0 aliphatic carbocycles. The zero-order chi connectivity index (χ0) is 24.7. The van der Waals surface area contributed by atoms with Crippen LogP contribution in [0.5, 0.6) is 0 Å². The molecule has 0 radical (unpaired) electrons. The van der Waals surface area contributed by atoms with E-state index in [0.717, 1.165) is 46.3 Å². The van der Waals surface area contributed by atoms with Crippen LogP contribution < -0.4 is 5.73 Å². The quantitative estimate of drug-likeness (QED) is 0.269. The summed E-state index contributed by atoms with van der Waals surface area (Å²) in [6.07, 6.45) is 4.41. The summed E-state index contributed by atoms with van der Waals surface area (Å²) in [5.74, 6) is -1.26. The number of benzene rings is 2. The van der Waals surface area contributed by atoms with Crippen molar-refractivity contribution in [3.8, 4) is 16.8 Å². The molecule has 0 amide bonds. The molecule has 0 spiro atoms. The van der Waals surface area contributed by atoms with Gasteiger partial charge in [0.25, 0.3) is 0 Å². The molecule has 0 unspecified atom stereocenters. The van der Waals surface area contributed by atoms with Crippen LogP contribution >= 0.6 is 0 Å². The number of hydrogen-bond donors (Lipinski definition) is 3. The maximum atomic E-state index is 13.8. The van der Waals surface area contributed by atoms with E-state index in [2.05, 4.69) is 9.55 Å². The van der Waals surface area contributed by atoms with Crippen LogP contribution in [-0.2, 0) is 4.74 Å². The highest BCUT2D eigenvalue weighted by Crippen LogP contribution is 2.44. The predicted octanol–water partition coefficient (Wildman–Crippen LogP) is 5.31. The van der Waals surface area contributed by atoms with Gasteiger partial charge in [-0.1, -0.05) is 0 Å². The lowest BCUT2D eigenvalue weighted by molar-refractivity contribution is 0.0689. The van der Waals surface area contributed by atoms with Gasteiger partial charge in [-0.3, -0.25) is 0 Å². The topological polar surface area (TPSA) is 114 Å². The first-order valence-corrected chi connectivity index (χ1v) is 11.4. The molecule has 8 heteroatoms. The average Bonchev–Trinajstić information content (AvgIpc) is 3.18. The molecule has 5 rings (SSSR count). The van der Waals surface area contributed by atoms with Gasteiger partial charge < -0.3 is 25.6 Å². The molecule has 1 aliphatic heterocycles. The number of halogens is 1. The second kappa shape index (κ2) is 8.96. The molecule has 2 aromatic heterocycles. The van der Waals surface area contributed by atoms with Gasteiger partial charge in [0, 0.05) is 70.7 Å². The number of hydrogen-bond acceptors (Lipinski definition) is 5. The minimum absolute atomic E-state index is 0.00856. The number of aromatic carboxylic acids is 1. The SMILES string of the molecule is Cc1cc(-c2c(C3CCOCC3)n(-c3ccc(F)cc3)c3cc(C=N)c(N)cc23)cnc1C(=O)O. The van der Waals surface area contributed by atoms with Crippen molar-refractivity contribution in [2.75, 3.05) is 18.9 Å². The Bertz CT molecular complexity index is 1450. The van der Waals surface area contributed by atoms with Gasteiger partial charge in [0.15, 0.2) is 5.69 Å². The molecule has 4 aromatic rings. The van der Waals surface area contributed by atoms with Crippen LogP contribution in [0.3, 0.4) is 0 Å². The zero-order valence-electron chi connectivity index (χ0n) is 19.2. The first kappa shape index (κ1) is 22.7. The third-order valence-electron chi connectivity index (χ3n) is 6.63. The van der Waals surface area contributed by atoms with Gasteiger partial charge in [-0.15, -0.1) is 0 Å². The van der Waals surface area contributed by atoms with Gasteiger partial charge >= 0.3 is 5.97 Å². The Hall–Kier alpha value is -4.04. The maximum absolute atomic E-state index is 13.8. The van der Waals surface area contributed by atoms with Gasteiger partial charge in [-0.2, -0.15) is 0 Å². The van der Waals surface area contributed by atoms with Crippen molar-refractivity contribution in [3.63, 3.8) is 0 Å². The van der Waals surface area contributed by atoms with Crippen molar-refractivity contribution in [2.24, 2.45) is 0 Å². The van der Waals surface area contributed by atoms with Crippen LogP contribution in [0, 0.1) is 18.2 Å². The van der Waals surface area contributed by atoms with E-state index in [4.69, 9.17) is 15.9 Å². The molecule has 1 aliphatic rings. The summed E-state index contributed by atoms with van der Waals surface area (Å²) < 4.78 is 21.6. The number of carboxylic acid groups (broad SMARTS) is 1. The highest BCUT2D eigenvalue weighted by molar-refractivity contribution is 6.04. The van der Waals surface area contributed by atoms with Crippen molar-refractivity contribution in [3.05, 3.63) is 77.0 Å². The van der Waals surface area contributed by atoms with Crippen LogP contribution in [0.25, 0.3) is 27.7 Å². The number of anilines is 1. The number of rotatable bonds is 5. The molecular formula is C27H25FN4O3. The van der Waals surface area contributed by atoms with Crippen molar-refractivity contribution in [2.45, 2.75) is 25.7 Å². The minimum Gasteiger partial charge on any atom is -0.477 e. The summed E-state index contributed by atoms with van der Waals surface area (Å²) in [6, 6.07) is 11.9. The molecule has 0 saturated carbocycles. The summed E-state index contributed by atoms with van der Waals surface area (Å²) in [7, 11) is 0. The van der Waals surface area contributed by atoms with E-state index >= 15 is 0 Å². The molecular weight excluding hydrogens is 447 g/mol. The number of carboxylic acids is 1. The molecule has 178 valence electrons. The second-order valence-electron chi connectivity index (χ2n) is 8.80. The lowest BCUT2D eigenvalue weighted by Crippen LogP contribution is -2.17. The summed E-state index contributed by atoms with van der Waals surface area (Å²) >= 11 is 0. The first-order valence-electron chi connectivity index (χ1n) is 11.4. The Labute approximate surface area is 201 Å². The Morgan fingerprint density at radius 1 is 1.23 bits per heavy atom. The number of fused-ring (bicyclic) bond motifs is 1. The van der Waals surface area contributed by atoms with Crippen molar-refractivity contribution in [1.29, 1.82) is 5.41 Å². The number of nitrogens with one attached hydrogen (secondary N) is 1. The molecule has 4 N–H and O–H groups in total. The van der Waals surface area contributed by atoms with E-state index in [9.17, 15) is 14.3 Å². The van der Waals surface area contributed by atoms with Crippen LogP contribution in [-0.4, -0.2) is 40.1 Å². The maximum Gasteiger partial charge on any atom is 0.354 e. The molecule has 0 bridgehead atoms. The standard InChI is InChI=1S/C27H25FN4O3/c1-15-10-18(14-31-25(15)27(33)34)24-21-12-22(30)17(13-29)11-23(21)32(20-4-2-19(28)3-5-20)26(24)16-6-8-35-9-7-16/h2-5,10-14,16,29H,6-9,30H2,1H3,(H,33,34). The molecule has 35 heavy (non-hydrogen) atoms. The second-order valence-corrected chi connectivity index (χ2v) is 8.80. The Morgan fingerprint density at radius 3 is 2.57 bits per heavy atom. The molecule has 1 saturated heterocycles. The summed E-state index contributed by atoms with van der Waals surface area (Å²) in [4.78, 5) is 15.8. The van der Waals surface area contributed by atoms with E-state index in [1.165, 1.54) is 18.3 Å². The fourth-order valence-electron chi connectivity index (χ4n) is 4.98. The third kappa shape index (κ3) is 3.95. The first-order chi connectivity index (χ1) is 16.9. The highest BCUT2D eigenvalue weighted by atomic mass is 19.1. The monoisotopic (exact) mass is 472 g/mol.